The summed E-state index contributed by atoms with van der Waals surface area (Å²) in [5, 5.41) is 2.96. The predicted octanol–water partition coefficient (Wildman–Crippen LogP) is 1.48. The number of carbonyl (C=O) groups excluding carboxylic acids is 4. The van der Waals surface area contributed by atoms with E-state index in [9.17, 15) is 19.2 Å². The predicted molar refractivity (Wildman–Crippen MR) is 141 cm³/mol. The summed E-state index contributed by atoms with van der Waals surface area (Å²) in [7, 11) is 1.67. The van der Waals surface area contributed by atoms with E-state index in [1.54, 1.807) is 30.6 Å². The molecule has 4 aliphatic rings. The summed E-state index contributed by atoms with van der Waals surface area (Å²) in [6.07, 6.45) is 4.38. The quantitative estimate of drug-likeness (QED) is 0.556. The molecule has 4 fully saturated rings. The number of thiazole rings is 1. The standard InChI is InChI=1S/C27H39N5O5S/c1-17(23(34)30-7-5-6-18(10-30)12-37-4)29-22(33)20-11-31(25(36)21-9-28-16-38-21)13-27(20)14-32(15-27)24(35)19-8-26(19,2)3/h9,16-20H,5-8,10-15H2,1-4H3,(H,29,33)/t17-,18-,19+,20-/m0/s1. The number of aromatic nitrogens is 1. The van der Waals surface area contributed by atoms with Crippen LogP contribution in [-0.2, 0) is 19.1 Å². The van der Waals surface area contributed by atoms with Crippen molar-refractivity contribution in [3.8, 4) is 0 Å². The van der Waals surface area contributed by atoms with Crippen LogP contribution in [0.5, 0.6) is 0 Å². The summed E-state index contributed by atoms with van der Waals surface area (Å²) >= 11 is 1.28. The Hall–Kier alpha value is -2.53. The normalized spacial score (nSPS) is 28.1. The minimum absolute atomic E-state index is 0.0347. The van der Waals surface area contributed by atoms with Crippen LogP contribution in [0.2, 0.25) is 0 Å². The van der Waals surface area contributed by atoms with Gasteiger partial charge in [0.15, 0.2) is 0 Å². The van der Waals surface area contributed by atoms with Crippen molar-refractivity contribution in [2.75, 3.05) is 53.0 Å². The summed E-state index contributed by atoms with van der Waals surface area (Å²) in [5.74, 6) is -0.468. The van der Waals surface area contributed by atoms with Crippen LogP contribution in [0.4, 0.5) is 0 Å². The maximum absolute atomic E-state index is 13.6. The molecular formula is C27H39N5O5S. The van der Waals surface area contributed by atoms with Gasteiger partial charge in [-0.15, -0.1) is 11.3 Å². The van der Waals surface area contributed by atoms with Crippen molar-refractivity contribution in [3.63, 3.8) is 0 Å². The lowest BCUT2D eigenvalue weighted by Gasteiger charge is -2.50. The van der Waals surface area contributed by atoms with Gasteiger partial charge in [0.25, 0.3) is 5.91 Å². The Morgan fingerprint density at radius 2 is 1.84 bits per heavy atom. The fraction of sp³-hybridized carbons (Fsp3) is 0.741. The molecule has 1 aromatic rings. The zero-order valence-corrected chi connectivity index (χ0v) is 23.6. The van der Waals surface area contributed by atoms with Crippen molar-refractivity contribution in [2.24, 2.45) is 28.6 Å². The molecule has 4 atom stereocenters. The van der Waals surface area contributed by atoms with Crippen LogP contribution < -0.4 is 5.32 Å². The Kier molecular flexibility index (Phi) is 7.28. The molecule has 0 bridgehead atoms. The largest absolute Gasteiger partial charge is 0.384 e. The maximum Gasteiger partial charge on any atom is 0.265 e. The Balaban J connectivity index is 1.26. The van der Waals surface area contributed by atoms with Crippen LogP contribution in [0.15, 0.2) is 11.7 Å². The van der Waals surface area contributed by atoms with E-state index in [1.807, 2.05) is 9.80 Å². The molecule has 1 spiro atoms. The lowest BCUT2D eigenvalue weighted by atomic mass is 9.70. The molecule has 1 aromatic heterocycles. The number of piperidine rings is 1. The molecule has 5 rings (SSSR count). The van der Waals surface area contributed by atoms with Crippen LogP contribution in [0.3, 0.4) is 0 Å². The number of carbonyl (C=O) groups is 4. The van der Waals surface area contributed by atoms with Gasteiger partial charge in [0.05, 0.1) is 24.2 Å². The fourth-order valence-corrected chi connectivity index (χ4v) is 7.13. The third-order valence-corrected chi connectivity index (χ3v) is 9.75. The molecule has 4 heterocycles. The van der Waals surface area contributed by atoms with Gasteiger partial charge in [-0.05, 0) is 37.5 Å². The molecule has 3 aliphatic heterocycles. The van der Waals surface area contributed by atoms with Crippen LogP contribution in [0.1, 0.15) is 49.7 Å². The molecule has 1 N–H and O–H groups in total. The average Bonchev–Trinajstić information content (AvgIpc) is 3.26. The second-order valence-corrected chi connectivity index (χ2v) is 13.3. The Bertz CT molecular complexity index is 1080. The zero-order chi connectivity index (χ0) is 27.2. The Labute approximate surface area is 228 Å². The number of nitrogens with one attached hydrogen (secondary N) is 1. The summed E-state index contributed by atoms with van der Waals surface area (Å²) in [4.78, 5) is 63.0. The van der Waals surface area contributed by atoms with Crippen molar-refractivity contribution in [1.82, 2.24) is 25.0 Å². The molecule has 0 aromatic carbocycles. The lowest BCUT2D eigenvalue weighted by Crippen LogP contribution is -2.65. The SMILES string of the molecule is COC[C@H]1CCCN(C(=O)[C@H](C)NC(=O)[C@@H]2CN(C(=O)c3cncs3)CC23CN(C(=O)[C@H]2CC2(C)C)C3)C1. The first-order valence-corrected chi connectivity index (χ1v) is 14.5. The van der Waals surface area contributed by atoms with E-state index in [-0.39, 0.29) is 41.5 Å². The fourth-order valence-electron chi connectivity index (χ4n) is 6.55. The van der Waals surface area contributed by atoms with Gasteiger partial charge >= 0.3 is 0 Å². The van der Waals surface area contributed by atoms with E-state index in [0.717, 1.165) is 19.3 Å². The highest BCUT2D eigenvalue weighted by Gasteiger charge is 2.62. The third-order valence-electron chi connectivity index (χ3n) is 8.99. The van der Waals surface area contributed by atoms with E-state index < -0.39 is 17.4 Å². The lowest BCUT2D eigenvalue weighted by molar-refractivity contribution is -0.152. The van der Waals surface area contributed by atoms with Gasteiger partial charge in [0, 0.05) is 57.7 Å². The highest BCUT2D eigenvalue weighted by atomic mass is 32.1. The summed E-state index contributed by atoms with van der Waals surface area (Å²) in [6.45, 7) is 9.44. The molecule has 0 radical (unpaired) electrons. The van der Waals surface area contributed by atoms with Crippen molar-refractivity contribution < 1.29 is 23.9 Å². The van der Waals surface area contributed by atoms with E-state index >= 15 is 0 Å². The smallest absolute Gasteiger partial charge is 0.265 e. The number of rotatable bonds is 7. The molecule has 1 aliphatic carbocycles. The highest BCUT2D eigenvalue weighted by molar-refractivity contribution is 7.11. The maximum atomic E-state index is 13.6. The minimum atomic E-state index is -0.669. The van der Waals surface area contributed by atoms with E-state index in [4.69, 9.17) is 4.74 Å². The number of hydrogen-bond acceptors (Lipinski definition) is 7. The second-order valence-electron chi connectivity index (χ2n) is 12.4. The number of methoxy groups -OCH3 is 1. The van der Waals surface area contributed by atoms with Crippen molar-refractivity contribution >= 4 is 35.0 Å². The van der Waals surface area contributed by atoms with Gasteiger partial charge in [-0.2, -0.15) is 0 Å². The minimum Gasteiger partial charge on any atom is -0.384 e. The van der Waals surface area contributed by atoms with Crippen molar-refractivity contribution in [3.05, 3.63) is 16.6 Å². The Morgan fingerprint density at radius 3 is 2.47 bits per heavy atom. The van der Waals surface area contributed by atoms with Gasteiger partial charge in [0.1, 0.15) is 10.9 Å². The molecule has 0 unspecified atom stereocenters. The molecule has 3 saturated heterocycles. The number of ether oxygens (including phenoxy) is 1. The van der Waals surface area contributed by atoms with E-state index in [1.165, 1.54) is 11.3 Å². The van der Waals surface area contributed by atoms with Gasteiger partial charge < -0.3 is 24.8 Å². The van der Waals surface area contributed by atoms with Crippen LogP contribution >= 0.6 is 11.3 Å². The van der Waals surface area contributed by atoms with Gasteiger partial charge in [0.2, 0.25) is 17.7 Å². The molecule has 1 saturated carbocycles. The molecule has 11 heteroatoms. The van der Waals surface area contributed by atoms with E-state index in [0.29, 0.717) is 50.1 Å². The first-order chi connectivity index (χ1) is 18.0. The number of likely N-dealkylation sites (tertiary alicyclic amines) is 3. The zero-order valence-electron chi connectivity index (χ0n) is 22.8. The first-order valence-electron chi connectivity index (χ1n) is 13.6. The topological polar surface area (TPSA) is 112 Å². The van der Waals surface area contributed by atoms with Gasteiger partial charge in [-0.3, -0.25) is 24.2 Å². The van der Waals surface area contributed by atoms with Crippen molar-refractivity contribution in [1.29, 1.82) is 0 Å². The monoisotopic (exact) mass is 545 g/mol. The summed E-state index contributed by atoms with van der Waals surface area (Å²) in [5.41, 5.74) is 1.15. The van der Waals surface area contributed by atoms with E-state index in [2.05, 4.69) is 24.1 Å². The molecule has 38 heavy (non-hydrogen) atoms. The van der Waals surface area contributed by atoms with Gasteiger partial charge in [-0.25, -0.2) is 0 Å². The third kappa shape index (κ3) is 5.06. The summed E-state index contributed by atoms with van der Waals surface area (Å²) < 4.78 is 5.28. The number of amides is 4. The Morgan fingerprint density at radius 1 is 1.13 bits per heavy atom. The summed E-state index contributed by atoms with van der Waals surface area (Å²) in [6, 6.07) is -0.669. The number of hydrogen-bond donors (Lipinski definition) is 1. The second kappa shape index (κ2) is 10.2. The van der Waals surface area contributed by atoms with Crippen LogP contribution in [-0.4, -0.2) is 102 Å². The molecule has 4 amide bonds. The molecule has 10 nitrogen and oxygen atoms in total. The van der Waals surface area contributed by atoms with Crippen LogP contribution in [0.25, 0.3) is 0 Å². The molecular weight excluding hydrogens is 506 g/mol. The number of nitrogens with zero attached hydrogens (tertiary/aromatic N) is 4. The van der Waals surface area contributed by atoms with Gasteiger partial charge in [-0.1, -0.05) is 13.8 Å². The molecule has 208 valence electrons. The van der Waals surface area contributed by atoms with Crippen molar-refractivity contribution in [2.45, 2.75) is 46.1 Å². The first kappa shape index (κ1) is 27.1. The average molecular weight is 546 g/mol. The highest BCUT2D eigenvalue weighted by Crippen LogP contribution is 2.54. The van der Waals surface area contributed by atoms with Crippen LogP contribution in [0, 0.1) is 28.6 Å².